The number of H-pyrrole nitrogens is 2. The van der Waals surface area contributed by atoms with Gasteiger partial charge in [-0.15, -0.1) is 5.10 Å². The Kier molecular flexibility index (Phi) is 6.22. The predicted octanol–water partition coefficient (Wildman–Crippen LogP) is 4.20. The minimum absolute atomic E-state index is 0.0529. The van der Waals surface area contributed by atoms with E-state index in [9.17, 15) is 9.59 Å². The average molecular weight is 413 g/mol. The third-order valence-electron chi connectivity index (χ3n) is 4.66. The van der Waals surface area contributed by atoms with Gasteiger partial charge in [0.2, 0.25) is 5.16 Å². The van der Waals surface area contributed by atoms with E-state index in [2.05, 4.69) is 20.2 Å². The third kappa shape index (κ3) is 4.59. The van der Waals surface area contributed by atoms with Crippen molar-refractivity contribution >= 4 is 23.3 Å². The van der Waals surface area contributed by atoms with E-state index in [0.717, 1.165) is 11.3 Å². The maximum Gasteiger partial charge on any atom is 0.209 e. The van der Waals surface area contributed by atoms with Crippen molar-refractivity contribution in [2.45, 2.75) is 51.6 Å². The van der Waals surface area contributed by atoms with Crippen molar-refractivity contribution in [1.82, 2.24) is 20.2 Å². The predicted molar refractivity (Wildman–Crippen MR) is 112 cm³/mol. The van der Waals surface area contributed by atoms with Gasteiger partial charge in [0.05, 0.1) is 10.9 Å². The molecule has 2 heterocycles. The van der Waals surface area contributed by atoms with E-state index >= 15 is 0 Å². The fourth-order valence-electron chi connectivity index (χ4n) is 3.20. The number of benzene rings is 1. The van der Waals surface area contributed by atoms with E-state index in [1.54, 1.807) is 20.8 Å². The molecule has 29 heavy (non-hydrogen) atoms. The molecule has 0 unspecified atom stereocenters. The first-order chi connectivity index (χ1) is 13.8. The van der Waals surface area contributed by atoms with Gasteiger partial charge < -0.3 is 9.72 Å². The molecule has 1 aromatic carbocycles. The zero-order valence-corrected chi connectivity index (χ0v) is 17.9. The molecule has 0 saturated heterocycles. The number of hydrogen-bond acceptors (Lipinski definition) is 6. The number of ketones is 2. The molecule has 152 valence electrons. The van der Waals surface area contributed by atoms with Crippen molar-refractivity contribution in [2.24, 2.45) is 0 Å². The summed E-state index contributed by atoms with van der Waals surface area (Å²) >= 11 is 1.26. The lowest BCUT2D eigenvalue weighted by atomic mass is 10.0. The highest BCUT2D eigenvalue weighted by Crippen LogP contribution is 2.26. The van der Waals surface area contributed by atoms with Crippen LogP contribution in [0.2, 0.25) is 0 Å². The second kappa shape index (κ2) is 8.65. The Morgan fingerprint density at radius 3 is 2.59 bits per heavy atom. The number of para-hydroxylation sites is 1. The van der Waals surface area contributed by atoms with E-state index in [1.807, 2.05) is 31.2 Å². The highest BCUT2D eigenvalue weighted by Gasteiger charge is 2.25. The molecule has 0 spiro atoms. The maximum atomic E-state index is 12.9. The lowest BCUT2D eigenvalue weighted by Gasteiger charge is -2.07. The summed E-state index contributed by atoms with van der Waals surface area (Å²) in [6.45, 7) is 9.14. The molecule has 0 aliphatic rings. The van der Waals surface area contributed by atoms with Crippen molar-refractivity contribution in [1.29, 1.82) is 0 Å². The molecule has 2 aromatic heterocycles. The Labute approximate surface area is 173 Å². The van der Waals surface area contributed by atoms with Crippen LogP contribution in [0.1, 0.15) is 57.3 Å². The van der Waals surface area contributed by atoms with Gasteiger partial charge in [-0.05, 0) is 51.8 Å². The molecule has 0 amide bonds. The van der Waals surface area contributed by atoms with Gasteiger partial charge >= 0.3 is 0 Å². The van der Waals surface area contributed by atoms with Crippen LogP contribution in [0, 0.1) is 20.8 Å². The van der Waals surface area contributed by atoms with E-state index in [0.29, 0.717) is 33.5 Å². The van der Waals surface area contributed by atoms with Crippen LogP contribution in [0.5, 0.6) is 5.75 Å². The number of hydrogen-bond donors (Lipinski definition) is 2. The van der Waals surface area contributed by atoms with Gasteiger partial charge in [-0.3, -0.25) is 14.7 Å². The van der Waals surface area contributed by atoms with Crippen LogP contribution in [-0.2, 0) is 6.61 Å². The number of nitrogens with one attached hydrogen (secondary N) is 2. The Balaban J connectivity index is 1.65. The zero-order chi connectivity index (χ0) is 21.1. The second-order valence-corrected chi connectivity index (χ2v) is 8.23. The number of ether oxygens (including phenoxy) is 1. The van der Waals surface area contributed by atoms with Gasteiger partial charge in [0.1, 0.15) is 12.4 Å². The lowest BCUT2D eigenvalue weighted by Crippen LogP contribution is -2.15. The highest BCUT2D eigenvalue weighted by molar-refractivity contribution is 8.00. The van der Waals surface area contributed by atoms with Gasteiger partial charge in [-0.2, -0.15) is 0 Å². The first-order valence-electron chi connectivity index (χ1n) is 9.28. The fraction of sp³-hybridized carbons (Fsp3) is 0.333. The van der Waals surface area contributed by atoms with Gasteiger partial charge in [0.15, 0.2) is 17.4 Å². The summed E-state index contributed by atoms with van der Waals surface area (Å²) in [5, 5.41) is 7.08. The quantitative estimate of drug-likeness (QED) is 0.425. The normalized spacial score (nSPS) is 12.0. The molecule has 8 heteroatoms. The molecule has 0 aliphatic carbocycles. The van der Waals surface area contributed by atoms with Crippen LogP contribution >= 0.6 is 11.8 Å². The number of Topliss-reactive ketones (excluding diaryl/α,β-unsaturated/α-hetero) is 2. The number of aromatic nitrogens is 4. The molecule has 0 bridgehead atoms. The summed E-state index contributed by atoms with van der Waals surface area (Å²) in [5.41, 5.74) is 3.49. The number of aryl methyl sites for hydroxylation is 2. The summed E-state index contributed by atoms with van der Waals surface area (Å²) in [6, 6.07) is 7.75. The maximum absolute atomic E-state index is 12.9. The number of carbonyl (C=O) groups excluding carboxylic acids is 2. The van der Waals surface area contributed by atoms with Crippen molar-refractivity contribution in [3.8, 4) is 5.75 Å². The first-order valence-corrected chi connectivity index (χ1v) is 10.2. The SMILES string of the molecule is CC(=O)c1c(C)[nH]c(C(=O)[C@H](C)Sc2n[nH]c(COc3ccccc3C)n2)c1C. The molecule has 0 aliphatic heterocycles. The monoisotopic (exact) mass is 412 g/mol. The van der Waals surface area contributed by atoms with E-state index in [-0.39, 0.29) is 18.2 Å². The number of aromatic amines is 2. The van der Waals surface area contributed by atoms with Crippen LogP contribution in [0.3, 0.4) is 0 Å². The first kappa shape index (κ1) is 20.9. The van der Waals surface area contributed by atoms with Crippen LogP contribution < -0.4 is 4.74 Å². The topological polar surface area (TPSA) is 101 Å². The van der Waals surface area contributed by atoms with E-state index in [4.69, 9.17) is 4.74 Å². The largest absolute Gasteiger partial charge is 0.485 e. The Morgan fingerprint density at radius 1 is 1.21 bits per heavy atom. The number of carbonyl (C=O) groups is 2. The number of nitrogens with zero attached hydrogens (tertiary/aromatic N) is 2. The fourth-order valence-corrected chi connectivity index (χ4v) is 4.00. The van der Waals surface area contributed by atoms with Crippen LogP contribution in [0.4, 0.5) is 0 Å². The van der Waals surface area contributed by atoms with Crippen LogP contribution in [0.25, 0.3) is 0 Å². The third-order valence-corrected chi connectivity index (χ3v) is 5.62. The molecule has 3 aromatic rings. The van der Waals surface area contributed by atoms with Crippen LogP contribution in [0.15, 0.2) is 29.4 Å². The lowest BCUT2D eigenvalue weighted by molar-refractivity contribution is 0.0988. The molecule has 0 radical (unpaired) electrons. The van der Waals surface area contributed by atoms with Crippen molar-refractivity contribution in [3.63, 3.8) is 0 Å². The molecule has 0 fully saturated rings. The minimum atomic E-state index is -0.410. The smallest absolute Gasteiger partial charge is 0.209 e. The van der Waals surface area contributed by atoms with E-state index < -0.39 is 5.25 Å². The molecule has 2 N–H and O–H groups in total. The van der Waals surface area contributed by atoms with Gasteiger partial charge in [0, 0.05) is 11.3 Å². The Hall–Kier alpha value is -2.87. The summed E-state index contributed by atoms with van der Waals surface area (Å²) in [4.78, 5) is 32.1. The highest BCUT2D eigenvalue weighted by atomic mass is 32.2. The van der Waals surface area contributed by atoms with Crippen LogP contribution in [-0.4, -0.2) is 37.0 Å². The van der Waals surface area contributed by atoms with Gasteiger partial charge in [0.25, 0.3) is 0 Å². The number of thioether (sulfide) groups is 1. The molecular weight excluding hydrogens is 388 g/mol. The standard InChI is InChI=1S/C21H24N4O3S/c1-11-8-6-7-9-16(11)28-10-17-23-21(25-24-17)29-15(5)20(27)19-12(2)18(14(4)26)13(3)22-19/h6-9,15,22H,10H2,1-5H3,(H,23,24,25)/t15-/m0/s1. The Morgan fingerprint density at radius 2 is 1.93 bits per heavy atom. The van der Waals surface area contributed by atoms with E-state index in [1.165, 1.54) is 18.7 Å². The van der Waals surface area contributed by atoms with Crippen molar-refractivity contribution in [3.05, 3.63) is 58.2 Å². The Bertz CT molecular complexity index is 1050. The van der Waals surface area contributed by atoms with Crippen molar-refractivity contribution < 1.29 is 14.3 Å². The molecule has 7 nitrogen and oxygen atoms in total. The van der Waals surface area contributed by atoms with Gasteiger partial charge in [-0.25, -0.2) is 4.98 Å². The summed E-state index contributed by atoms with van der Waals surface area (Å²) in [5.74, 6) is 1.23. The molecule has 1 atom stereocenters. The molecular formula is C21H24N4O3S. The van der Waals surface area contributed by atoms with Gasteiger partial charge in [-0.1, -0.05) is 30.0 Å². The molecule has 3 rings (SSSR count). The molecule has 0 saturated carbocycles. The summed E-state index contributed by atoms with van der Waals surface area (Å²) in [7, 11) is 0. The zero-order valence-electron chi connectivity index (χ0n) is 17.1. The van der Waals surface area contributed by atoms with Crippen molar-refractivity contribution in [2.75, 3.05) is 0 Å². The second-order valence-electron chi connectivity index (χ2n) is 6.92. The average Bonchev–Trinajstić information content (AvgIpc) is 3.23. The number of rotatable bonds is 8. The summed E-state index contributed by atoms with van der Waals surface area (Å²) in [6.07, 6.45) is 0. The summed E-state index contributed by atoms with van der Waals surface area (Å²) < 4.78 is 5.77. The minimum Gasteiger partial charge on any atom is -0.485 e.